The van der Waals surface area contributed by atoms with Crippen molar-refractivity contribution in [2.24, 2.45) is 0 Å². The van der Waals surface area contributed by atoms with Gasteiger partial charge in [-0.3, -0.25) is 9.59 Å². The molecule has 2 heterocycles. The molecule has 1 amide bonds. The number of hydrogen-bond acceptors (Lipinski definition) is 6. The molecule has 1 unspecified atom stereocenters. The minimum Gasteiger partial charge on any atom is -0.503 e. The van der Waals surface area contributed by atoms with Crippen LogP contribution in [0.25, 0.3) is 0 Å². The number of rotatable bonds is 7. The molecule has 1 atom stereocenters. The predicted molar refractivity (Wildman–Crippen MR) is 110 cm³/mol. The number of aryl methyl sites for hydroxylation is 1. The molecular weight excluding hydrogens is 372 g/mol. The number of likely N-dealkylation sites (N-methyl/N-ethyl adjacent to an activating group) is 1. The second-order valence-corrected chi connectivity index (χ2v) is 6.98. The molecule has 0 radical (unpaired) electrons. The Morgan fingerprint density at radius 1 is 1.28 bits per heavy atom. The number of ether oxygens (including phenoxy) is 1. The van der Waals surface area contributed by atoms with E-state index in [0.717, 1.165) is 0 Å². The molecule has 1 aromatic carbocycles. The number of carbonyl (C=O) groups excluding carboxylic acids is 2. The molecule has 0 saturated heterocycles. The Kier molecular flexibility index (Phi) is 6.87. The molecule has 1 aliphatic rings. The van der Waals surface area contributed by atoms with Crippen LogP contribution in [0.2, 0.25) is 0 Å². The van der Waals surface area contributed by atoms with Gasteiger partial charge < -0.3 is 24.1 Å². The summed E-state index contributed by atoms with van der Waals surface area (Å²) in [5, 5.41) is 10.6. The van der Waals surface area contributed by atoms with Gasteiger partial charge in [0.1, 0.15) is 11.5 Å². The highest BCUT2D eigenvalue weighted by molar-refractivity contribution is 6.15. The number of Topliss-reactive ketones (excluding diaryl/α,β-unsaturated/α-hetero) is 1. The minimum absolute atomic E-state index is 0. The smallest absolute Gasteiger partial charge is 0.290 e. The summed E-state index contributed by atoms with van der Waals surface area (Å²) in [6.07, 6.45) is 0. The third kappa shape index (κ3) is 4.35. The number of aliphatic hydroxyl groups is 1. The molecule has 2 aromatic rings. The lowest BCUT2D eigenvalue weighted by Gasteiger charge is -2.28. The maximum Gasteiger partial charge on any atom is 0.290 e. The highest BCUT2D eigenvalue weighted by atomic mass is 16.5. The Morgan fingerprint density at radius 3 is 2.59 bits per heavy atom. The number of hydrogen-bond donors (Lipinski definition) is 1. The van der Waals surface area contributed by atoms with Crippen molar-refractivity contribution >= 4 is 11.7 Å². The van der Waals surface area contributed by atoms with E-state index in [1.165, 1.54) is 4.90 Å². The lowest BCUT2D eigenvalue weighted by molar-refractivity contribution is -0.129. The normalized spacial score (nSPS) is 16.4. The van der Waals surface area contributed by atoms with E-state index in [2.05, 4.69) is 0 Å². The summed E-state index contributed by atoms with van der Waals surface area (Å²) >= 11 is 0. The molecule has 1 aromatic heterocycles. The van der Waals surface area contributed by atoms with Crippen molar-refractivity contribution in [3.05, 3.63) is 64.8 Å². The maximum absolute atomic E-state index is 13.1. The van der Waals surface area contributed by atoms with Crippen molar-refractivity contribution < 1.29 is 23.8 Å². The lowest BCUT2D eigenvalue weighted by Crippen LogP contribution is -2.36. The van der Waals surface area contributed by atoms with Gasteiger partial charge in [-0.2, -0.15) is 0 Å². The van der Waals surface area contributed by atoms with E-state index in [4.69, 9.17) is 9.15 Å². The average molecular weight is 400 g/mol. The number of methoxy groups -OCH3 is 1. The van der Waals surface area contributed by atoms with Crippen LogP contribution in [0.1, 0.15) is 35.3 Å². The Hall–Kier alpha value is -3.06. The first-order valence-electron chi connectivity index (χ1n) is 8.97. The second kappa shape index (κ2) is 8.96. The van der Waals surface area contributed by atoms with E-state index in [9.17, 15) is 14.7 Å². The molecule has 0 bridgehead atoms. The van der Waals surface area contributed by atoms with Crippen molar-refractivity contribution in [3.63, 3.8) is 0 Å². The number of carbonyl (C=O) groups is 2. The van der Waals surface area contributed by atoms with E-state index in [1.54, 1.807) is 44.4 Å². The van der Waals surface area contributed by atoms with Crippen LogP contribution >= 0.6 is 0 Å². The number of furan rings is 1. The fourth-order valence-corrected chi connectivity index (χ4v) is 3.27. The molecule has 156 valence electrons. The Balaban J connectivity index is 0.00000300. The Morgan fingerprint density at radius 2 is 2.00 bits per heavy atom. The van der Waals surface area contributed by atoms with Crippen LogP contribution in [0, 0.1) is 6.92 Å². The first-order valence-corrected chi connectivity index (χ1v) is 8.97. The van der Waals surface area contributed by atoms with Crippen LogP contribution in [-0.2, 0) is 4.79 Å². The predicted octanol–water partition coefficient (Wildman–Crippen LogP) is 3.37. The van der Waals surface area contributed by atoms with Crippen LogP contribution in [-0.4, -0.2) is 60.9 Å². The van der Waals surface area contributed by atoms with Crippen molar-refractivity contribution in [2.75, 3.05) is 34.3 Å². The standard InChI is InChI=1S/C21H24N2O5.CH4/c1-13-8-9-16(28-13)19(24)17-18(14-6-5-7-15(12-14)27-4)23(11-10-22(2)3)21(26)20(17)25;/h5-9,12,18,25H,10-11H2,1-4H3;1H4. The molecule has 7 heteroatoms. The molecule has 0 aliphatic carbocycles. The summed E-state index contributed by atoms with van der Waals surface area (Å²) in [5.41, 5.74) is 0.702. The fourth-order valence-electron chi connectivity index (χ4n) is 3.27. The first kappa shape index (κ1) is 22.2. The van der Waals surface area contributed by atoms with Crippen LogP contribution in [0.15, 0.2) is 52.1 Å². The monoisotopic (exact) mass is 400 g/mol. The topological polar surface area (TPSA) is 83.2 Å². The largest absolute Gasteiger partial charge is 0.503 e. The van der Waals surface area contributed by atoms with E-state index >= 15 is 0 Å². The fraction of sp³-hybridized carbons (Fsp3) is 0.364. The average Bonchev–Trinajstić information content (AvgIpc) is 3.21. The van der Waals surface area contributed by atoms with Crippen LogP contribution in [0.5, 0.6) is 5.75 Å². The first-order chi connectivity index (χ1) is 13.3. The van der Waals surface area contributed by atoms with Crippen molar-refractivity contribution in [2.45, 2.75) is 20.4 Å². The van der Waals surface area contributed by atoms with E-state index in [1.807, 2.05) is 25.1 Å². The second-order valence-electron chi connectivity index (χ2n) is 6.98. The zero-order chi connectivity index (χ0) is 20.4. The van der Waals surface area contributed by atoms with Gasteiger partial charge in [0.25, 0.3) is 5.91 Å². The zero-order valence-electron chi connectivity index (χ0n) is 16.4. The summed E-state index contributed by atoms with van der Waals surface area (Å²) in [5.74, 6) is -0.333. The van der Waals surface area contributed by atoms with Gasteiger partial charge in [-0.1, -0.05) is 19.6 Å². The molecule has 0 spiro atoms. The highest BCUT2D eigenvalue weighted by Gasteiger charge is 2.44. The number of nitrogens with zero attached hydrogens (tertiary/aromatic N) is 2. The van der Waals surface area contributed by atoms with Crippen molar-refractivity contribution in [1.82, 2.24) is 9.80 Å². The molecule has 7 nitrogen and oxygen atoms in total. The van der Waals surface area contributed by atoms with Crippen LogP contribution in [0.4, 0.5) is 0 Å². The summed E-state index contributed by atoms with van der Waals surface area (Å²) < 4.78 is 10.7. The summed E-state index contributed by atoms with van der Waals surface area (Å²) in [6.45, 7) is 2.67. The van der Waals surface area contributed by atoms with E-state index in [-0.39, 0.29) is 18.8 Å². The Bertz CT molecular complexity index is 929. The highest BCUT2D eigenvalue weighted by Crippen LogP contribution is 2.39. The summed E-state index contributed by atoms with van der Waals surface area (Å²) in [4.78, 5) is 29.3. The Labute approximate surface area is 171 Å². The third-order valence-electron chi connectivity index (χ3n) is 4.71. The molecule has 1 aliphatic heterocycles. The molecule has 0 fully saturated rings. The van der Waals surface area contributed by atoms with Gasteiger partial charge in [-0.25, -0.2) is 0 Å². The van der Waals surface area contributed by atoms with Gasteiger partial charge >= 0.3 is 0 Å². The molecular formula is C22H28N2O5. The molecule has 0 saturated carbocycles. The quantitative estimate of drug-likeness (QED) is 0.718. The summed E-state index contributed by atoms with van der Waals surface area (Å²) in [6, 6.07) is 9.64. The van der Waals surface area contributed by atoms with Crippen molar-refractivity contribution in [3.8, 4) is 5.75 Å². The number of aliphatic hydroxyl groups excluding tert-OH is 1. The van der Waals surface area contributed by atoms with Crippen LogP contribution in [0.3, 0.4) is 0 Å². The van der Waals surface area contributed by atoms with Gasteiger partial charge in [0.15, 0.2) is 11.5 Å². The number of amides is 1. The van der Waals surface area contributed by atoms with Gasteiger partial charge in [0, 0.05) is 13.1 Å². The number of benzene rings is 1. The van der Waals surface area contributed by atoms with E-state index in [0.29, 0.717) is 30.2 Å². The summed E-state index contributed by atoms with van der Waals surface area (Å²) in [7, 11) is 5.34. The molecule has 3 rings (SSSR count). The SMILES string of the molecule is C.COc1cccc(C2C(C(=O)c3ccc(C)o3)=C(O)C(=O)N2CCN(C)C)c1. The maximum atomic E-state index is 13.1. The van der Waals surface area contributed by atoms with Gasteiger partial charge in [0.05, 0.1) is 18.7 Å². The van der Waals surface area contributed by atoms with Gasteiger partial charge in [-0.15, -0.1) is 0 Å². The molecule has 29 heavy (non-hydrogen) atoms. The lowest BCUT2D eigenvalue weighted by atomic mass is 9.95. The minimum atomic E-state index is -0.722. The van der Waals surface area contributed by atoms with Crippen molar-refractivity contribution in [1.29, 1.82) is 0 Å². The third-order valence-corrected chi connectivity index (χ3v) is 4.71. The zero-order valence-corrected chi connectivity index (χ0v) is 16.4. The molecule has 1 N–H and O–H groups in total. The van der Waals surface area contributed by atoms with Crippen LogP contribution < -0.4 is 4.74 Å². The van der Waals surface area contributed by atoms with Gasteiger partial charge in [0.2, 0.25) is 5.78 Å². The van der Waals surface area contributed by atoms with E-state index < -0.39 is 23.5 Å². The number of ketones is 1. The van der Waals surface area contributed by atoms with Gasteiger partial charge in [-0.05, 0) is 50.8 Å².